The van der Waals surface area contributed by atoms with Gasteiger partial charge in [0.1, 0.15) is 0 Å². The van der Waals surface area contributed by atoms with Crippen molar-refractivity contribution in [3.63, 3.8) is 0 Å². The van der Waals surface area contributed by atoms with E-state index >= 15 is 0 Å². The van der Waals surface area contributed by atoms with Gasteiger partial charge in [0.05, 0.1) is 19.8 Å². The number of unbranched alkanes of at least 4 members (excludes halogenated alkanes) is 1. The highest BCUT2D eigenvalue weighted by molar-refractivity contribution is 14.0. The molecule has 8 heteroatoms. The molecule has 1 fully saturated rings. The van der Waals surface area contributed by atoms with Crippen molar-refractivity contribution in [2.75, 3.05) is 59.8 Å². The quantitative estimate of drug-likeness (QED) is 0.177. The van der Waals surface area contributed by atoms with Gasteiger partial charge in [-0.2, -0.15) is 0 Å². The van der Waals surface area contributed by atoms with Gasteiger partial charge in [-0.25, -0.2) is 0 Å². The molecule has 1 heterocycles. The Hall–Kier alpha value is -0.610. The number of hydrogen-bond donors (Lipinski definition) is 2. The Morgan fingerprint density at radius 1 is 1.13 bits per heavy atom. The summed E-state index contributed by atoms with van der Waals surface area (Å²) in [5.41, 5.74) is 1.25. The van der Waals surface area contributed by atoms with Crippen LogP contribution in [0.2, 0.25) is 5.02 Å². The zero-order valence-electron chi connectivity index (χ0n) is 18.3. The second-order valence-electron chi connectivity index (χ2n) is 7.33. The number of hydrogen-bond acceptors (Lipinski definition) is 4. The first-order valence-electron chi connectivity index (χ1n) is 10.6. The Kier molecular flexibility index (Phi) is 14.7. The van der Waals surface area contributed by atoms with Crippen LogP contribution in [0, 0.1) is 0 Å². The normalized spacial score (nSPS) is 16.0. The van der Waals surface area contributed by atoms with Crippen LogP contribution in [0.3, 0.4) is 0 Å². The monoisotopic (exact) mass is 553 g/mol. The summed E-state index contributed by atoms with van der Waals surface area (Å²) in [5, 5.41) is 7.57. The Morgan fingerprint density at radius 3 is 2.53 bits per heavy atom. The molecule has 1 aliphatic rings. The van der Waals surface area contributed by atoms with E-state index in [2.05, 4.69) is 34.7 Å². The highest BCUT2D eigenvalue weighted by Gasteiger charge is 2.34. The lowest BCUT2D eigenvalue weighted by Gasteiger charge is -2.38. The third kappa shape index (κ3) is 9.68. The Labute approximate surface area is 203 Å². The van der Waals surface area contributed by atoms with E-state index in [4.69, 9.17) is 25.8 Å². The first kappa shape index (κ1) is 27.4. The predicted molar refractivity (Wildman–Crippen MR) is 135 cm³/mol. The van der Waals surface area contributed by atoms with Gasteiger partial charge in [-0.05, 0) is 37.0 Å². The Bertz CT molecular complexity index is 613. The number of ether oxygens (including phenoxy) is 3. The minimum Gasteiger partial charge on any atom is -0.381 e. The molecule has 0 bridgehead atoms. The van der Waals surface area contributed by atoms with Gasteiger partial charge in [0.15, 0.2) is 5.96 Å². The maximum absolute atomic E-state index is 6.25. The number of guanidine groups is 1. The molecule has 1 aromatic rings. The summed E-state index contributed by atoms with van der Waals surface area (Å²) in [6.07, 6.45) is 4.17. The van der Waals surface area contributed by atoms with Crippen molar-refractivity contribution in [2.45, 2.75) is 38.0 Å². The van der Waals surface area contributed by atoms with Crippen molar-refractivity contribution in [3.8, 4) is 0 Å². The van der Waals surface area contributed by atoms with Gasteiger partial charge < -0.3 is 24.8 Å². The maximum atomic E-state index is 6.25. The fraction of sp³-hybridized carbons (Fsp3) is 0.682. The average Bonchev–Trinajstić information content (AvgIpc) is 2.75. The fourth-order valence-electron chi connectivity index (χ4n) is 3.43. The van der Waals surface area contributed by atoms with Crippen molar-refractivity contribution in [1.29, 1.82) is 0 Å². The molecule has 30 heavy (non-hydrogen) atoms. The van der Waals surface area contributed by atoms with E-state index < -0.39 is 0 Å². The Balaban J connectivity index is 0.00000450. The molecule has 0 aliphatic carbocycles. The topological polar surface area (TPSA) is 64.1 Å². The lowest BCUT2D eigenvalue weighted by molar-refractivity contribution is 0.0484. The minimum atomic E-state index is -0.00685. The van der Waals surface area contributed by atoms with Gasteiger partial charge in [-0.3, -0.25) is 4.99 Å². The molecule has 1 aliphatic heterocycles. The largest absolute Gasteiger partial charge is 0.381 e. The van der Waals surface area contributed by atoms with Crippen LogP contribution in [0.1, 0.15) is 38.2 Å². The summed E-state index contributed by atoms with van der Waals surface area (Å²) < 4.78 is 16.7. The third-order valence-electron chi connectivity index (χ3n) is 5.26. The smallest absolute Gasteiger partial charge is 0.191 e. The van der Waals surface area contributed by atoms with E-state index in [1.807, 2.05) is 12.1 Å². The second-order valence-corrected chi connectivity index (χ2v) is 7.77. The lowest BCUT2D eigenvalue weighted by Crippen LogP contribution is -2.48. The molecule has 6 nitrogen and oxygen atoms in total. The van der Waals surface area contributed by atoms with Crippen LogP contribution < -0.4 is 10.6 Å². The summed E-state index contributed by atoms with van der Waals surface area (Å²) >= 11 is 6.25. The molecule has 0 saturated carbocycles. The zero-order chi connectivity index (χ0) is 20.8. The number of benzene rings is 1. The first-order valence-corrected chi connectivity index (χ1v) is 11.0. The first-order chi connectivity index (χ1) is 14.2. The molecule has 0 aromatic heterocycles. The second kappa shape index (κ2) is 16.1. The number of nitrogens with zero attached hydrogens (tertiary/aromatic N) is 1. The summed E-state index contributed by atoms with van der Waals surface area (Å²) in [7, 11) is 1.79. The van der Waals surface area contributed by atoms with Gasteiger partial charge in [0, 0.05) is 50.4 Å². The molecule has 2 N–H and O–H groups in total. The molecule has 2 rings (SSSR count). The standard InChI is InChI=1S/C22H36ClN3O3.HI/c1-3-4-11-27-15-16-29-14-10-25-21(24-2)26-18-22(8-12-28-13-9-22)19-6-5-7-20(23)17-19;/h5-7,17H,3-4,8-16,18H2,1-2H3,(H2,24,25,26);1H. The van der Waals surface area contributed by atoms with Crippen molar-refractivity contribution >= 4 is 41.5 Å². The van der Waals surface area contributed by atoms with E-state index in [9.17, 15) is 0 Å². The average molecular weight is 554 g/mol. The van der Waals surface area contributed by atoms with Crippen LogP contribution in [0.4, 0.5) is 0 Å². The molecule has 0 unspecified atom stereocenters. The maximum Gasteiger partial charge on any atom is 0.191 e. The number of nitrogens with one attached hydrogen (secondary N) is 2. The zero-order valence-corrected chi connectivity index (χ0v) is 21.3. The molecular weight excluding hydrogens is 517 g/mol. The van der Waals surface area contributed by atoms with Crippen molar-refractivity contribution < 1.29 is 14.2 Å². The van der Waals surface area contributed by atoms with E-state index in [-0.39, 0.29) is 29.4 Å². The van der Waals surface area contributed by atoms with Gasteiger partial charge in [0.25, 0.3) is 0 Å². The summed E-state index contributed by atoms with van der Waals surface area (Å²) in [5.74, 6) is 0.778. The molecule has 1 saturated heterocycles. The highest BCUT2D eigenvalue weighted by atomic mass is 127. The highest BCUT2D eigenvalue weighted by Crippen LogP contribution is 2.35. The van der Waals surface area contributed by atoms with Crippen LogP contribution in [0.5, 0.6) is 0 Å². The van der Waals surface area contributed by atoms with Crippen LogP contribution >= 0.6 is 35.6 Å². The van der Waals surface area contributed by atoms with E-state index in [1.165, 1.54) is 5.56 Å². The van der Waals surface area contributed by atoms with Gasteiger partial charge in [-0.15, -0.1) is 24.0 Å². The van der Waals surface area contributed by atoms with Crippen molar-refractivity contribution in [1.82, 2.24) is 10.6 Å². The van der Waals surface area contributed by atoms with Crippen molar-refractivity contribution in [2.24, 2.45) is 4.99 Å². The molecule has 0 radical (unpaired) electrons. The summed E-state index contributed by atoms with van der Waals surface area (Å²) in [4.78, 5) is 4.34. The van der Waals surface area contributed by atoms with Gasteiger partial charge in [-0.1, -0.05) is 37.1 Å². The van der Waals surface area contributed by atoms with E-state index in [1.54, 1.807) is 7.05 Å². The molecule has 0 amide bonds. The minimum absolute atomic E-state index is 0. The molecular formula is C22H37ClIN3O3. The molecule has 0 spiro atoms. The predicted octanol–water partition coefficient (Wildman–Crippen LogP) is 4.00. The van der Waals surface area contributed by atoms with Crippen molar-refractivity contribution in [3.05, 3.63) is 34.9 Å². The Morgan fingerprint density at radius 2 is 1.87 bits per heavy atom. The summed E-state index contributed by atoms with van der Waals surface area (Å²) in [6.45, 7) is 7.85. The van der Waals surface area contributed by atoms with Crippen LogP contribution in [-0.4, -0.2) is 65.7 Å². The number of rotatable bonds is 12. The van der Waals surface area contributed by atoms with E-state index in [0.717, 1.165) is 63.0 Å². The SMILES string of the molecule is CCCCOCCOCCNC(=NC)NCC1(c2cccc(Cl)c2)CCOCC1.I. The lowest BCUT2D eigenvalue weighted by atomic mass is 9.74. The molecule has 172 valence electrons. The van der Waals surface area contributed by atoms with Crippen LogP contribution in [-0.2, 0) is 19.6 Å². The number of aliphatic imine (C=N–C) groups is 1. The fourth-order valence-corrected chi connectivity index (χ4v) is 3.62. The van der Waals surface area contributed by atoms with Crippen LogP contribution in [0.25, 0.3) is 0 Å². The summed E-state index contributed by atoms with van der Waals surface area (Å²) in [6, 6.07) is 8.17. The van der Waals surface area contributed by atoms with Gasteiger partial charge in [0.2, 0.25) is 0 Å². The van der Waals surface area contributed by atoms with Crippen LogP contribution in [0.15, 0.2) is 29.3 Å². The molecule has 1 aromatic carbocycles. The van der Waals surface area contributed by atoms with Gasteiger partial charge >= 0.3 is 0 Å². The number of halogens is 2. The van der Waals surface area contributed by atoms with E-state index in [0.29, 0.717) is 26.4 Å². The third-order valence-corrected chi connectivity index (χ3v) is 5.49. The molecule has 0 atom stereocenters.